The Balaban J connectivity index is 1.48. The summed E-state index contributed by atoms with van der Waals surface area (Å²) in [5, 5.41) is 9.19. The van der Waals surface area contributed by atoms with E-state index in [1.165, 1.54) is 0 Å². The van der Waals surface area contributed by atoms with E-state index in [9.17, 15) is 14.4 Å². The highest BCUT2D eigenvalue weighted by atomic mass is 16.2. The number of amides is 3. The summed E-state index contributed by atoms with van der Waals surface area (Å²) in [5.41, 5.74) is 2.77. The van der Waals surface area contributed by atoms with E-state index < -0.39 is 6.04 Å². The van der Waals surface area contributed by atoms with Crippen LogP contribution in [0.1, 0.15) is 41.3 Å². The molecule has 26 heavy (non-hydrogen) atoms. The molecule has 0 bridgehead atoms. The molecule has 0 spiro atoms. The van der Waals surface area contributed by atoms with Crippen LogP contribution in [0.4, 0.5) is 0 Å². The summed E-state index contributed by atoms with van der Waals surface area (Å²) in [4.78, 5) is 37.9. The maximum Gasteiger partial charge on any atom is 0.255 e. The van der Waals surface area contributed by atoms with Crippen molar-refractivity contribution in [2.45, 2.75) is 44.9 Å². The molecule has 3 aliphatic heterocycles. The number of carbonyl (C=O) groups excluding carboxylic acids is 3. The van der Waals surface area contributed by atoms with Crippen LogP contribution in [0.25, 0.3) is 0 Å². The van der Waals surface area contributed by atoms with Gasteiger partial charge in [-0.05, 0) is 36.5 Å². The van der Waals surface area contributed by atoms with Crippen molar-refractivity contribution in [1.29, 1.82) is 0 Å². The number of benzene rings is 1. The Morgan fingerprint density at radius 2 is 2.08 bits per heavy atom. The fraction of sp³-hybridized carbons (Fsp3) is 0.526. The van der Waals surface area contributed by atoms with Gasteiger partial charge in [0.05, 0.1) is 0 Å². The SMILES string of the molecule is C[C@@H](NCc1cccc2c1CN(C1CCC(=O)NC1=O)C2=O)C1CNC1. The number of fused-ring (bicyclic) bond motifs is 1. The van der Waals surface area contributed by atoms with Gasteiger partial charge < -0.3 is 15.5 Å². The second-order valence-electron chi connectivity index (χ2n) is 7.43. The van der Waals surface area contributed by atoms with Gasteiger partial charge in [0.1, 0.15) is 6.04 Å². The molecule has 138 valence electrons. The average Bonchev–Trinajstić information content (AvgIpc) is 2.89. The number of hydrogen-bond acceptors (Lipinski definition) is 5. The van der Waals surface area contributed by atoms with Crippen LogP contribution in [-0.2, 0) is 22.7 Å². The highest BCUT2D eigenvalue weighted by Gasteiger charge is 2.39. The predicted molar refractivity (Wildman–Crippen MR) is 95.1 cm³/mol. The van der Waals surface area contributed by atoms with Crippen molar-refractivity contribution in [1.82, 2.24) is 20.9 Å². The van der Waals surface area contributed by atoms with E-state index in [0.717, 1.165) is 24.2 Å². The molecular formula is C19H24N4O3. The van der Waals surface area contributed by atoms with Crippen molar-refractivity contribution >= 4 is 17.7 Å². The third kappa shape index (κ3) is 3.01. The predicted octanol–water partition coefficient (Wildman–Crippen LogP) is 0.145. The van der Waals surface area contributed by atoms with Crippen molar-refractivity contribution < 1.29 is 14.4 Å². The van der Waals surface area contributed by atoms with E-state index >= 15 is 0 Å². The number of hydrogen-bond donors (Lipinski definition) is 3. The maximum absolute atomic E-state index is 12.8. The van der Waals surface area contributed by atoms with Crippen LogP contribution >= 0.6 is 0 Å². The molecule has 3 heterocycles. The highest BCUT2D eigenvalue weighted by Crippen LogP contribution is 2.30. The van der Waals surface area contributed by atoms with Crippen molar-refractivity contribution in [3.8, 4) is 0 Å². The monoisotopic (exact) mass is 356 g/mol. The van der Waals surface area contributed by atoms with E-state index in [1.54, 1.807) is 4.90 Å². The normalized spacial score (nSPS) is 24.3. The van der Waals surface area contributed by atoms with E-state index in [4.69, 9.17) is 0 Å². The summed E-state index contributed by atoms with van der Waals surface area (Å²) < 4.78 is 0. The number of nitrogens with one attached hydrogen (secondary N) is 3. The van der Waals surface area contributed by atoms with Gasteiger partial charge in [0.15, 0.2) is 0 Å². The lowest BCUT2D eigenvalue weighted by Gasteiger charge is -2.33. The second-order valence-corrected chi connectivity index (χ2v) is 7.43. The fourth-order valence-electron chi connectivity index (χ4n) is 3.92. The third-order valence-electron chi connectivity index (χ3n) is 5.81. The van der Waals surface area contributed by atoms with Crippen molar-refractivity contribution in [2.75, 3.05) is 13.1 Å². The minimum Gasteiger partial charge on any atom is -0.322 e. The summed E-state index contributed by atoms with van der Waals surface area (Å²) >= 11 is 0. The molecule has 1 aromatic carbocycles. The summed E-state index contributed by atoms with van der Waals surface area (Å²) in [6.07, 6.45) is 0.668. The number of rotatable bonds is 5. The molecule has 3 N–H and O–H groups in total. The summed E-state index contributed by atoms with van der Waals surface area (Å²) in [6, 6.07) is 5.62. The van der Waals surface area contributed by atoms with Crippen LogP contribution in [0.3, 0.4) is 0 Å². The Labute approximate surface area is 152 Å². The Hall–Kier alpha value is -2.25. The lowest BCUT2D eigenvalue weighted by molar-refractivity contribution is -0.136. The minimum atomic E-state index is -0.562. The lowest BCUT2D eigenvalue weighted by atomic mass is 9.95. The topological polar surface area (TPSA) is 90.5 Å². The first-order valence-corrected chi connectivity index (χ1v) is 9.24. The van der Waals surface area contributed by atoms with Gasteiger partial charge >= 0.3 is 0 Å². The second kappa shape index (κ2) is 6.81. The van der Waals surface area contributed by atoms with Crippen LogP contribution in [-0.4, -0.2) is 47.8 Å². The van der Waals surface area contributed by atoms with Gasteiger partial charge in [-0.15, -0.1) is 0 Å². The zero-order valence-electron chi connectivity index (χ0n) is 14.9. The fourth-order valence-corrected chi connectivity index (χ4v) is 3.92. The summed E-state index contributed by atoms with van der Waals surface area (Å²) in [7, 11) is 0. The molecule has 1 unspecified atom stereocenters. The van der Waals surface area contributed by atoms with Gasteiger partial charge in [-0.25, -0.2) is 0 Å². The lowest BCUT2D eigenvalue weighted by Crippen LogP contribution is -2.52. The number of carbonyl (C=O) groups is 3. The number of imide groups is 1. The van der Waals surface area contributed by atoms with Crippen molar-refractivity contribution in [3.05, 3.63) is 34.9 Å². The average molecular weight is 356 g/mol. The van der Waals surface area contributed by atoms with Crippen LogP contribution < -0.4 is 16.0 Å². The smallest absolute Gasteiger partial charge is 0.255 e. The minimum absolute atomic E-state index is 0.118. The number of nitrogens with zero attached hydrogens (tertiary/aromatic N) is 1. The highest BCUT2D eigenvalue weighted by molar-refractivity contribution is 6.05. The van der Waals surface area contributed by atoms with Gasteiger partial charge in [0, 0.05) is 44.2 Å². The molecule has 3 amide bonds. The third-order valence-corrected chi connectivity index (χ3v) is 5.81. The molecule has 0 radical (unpaired) electrons. The zero-order chi connectivity index (χ0) is 18.3. The van der Waals surface area contributed by atoms with Gasteiger partial charge in [-0.2, -0.15) is 0 Å². The van der Waals surface area contributed by atoms with Gasteiger partial charge in [0.25, 0.3) is 5.91 Å². The molecule has 2 fully saturated rings. The van der Waals surface area contributed by atoms with Gasteiger partial charge in [-0.1, -0.05) is 12.1 Å². The van der Waals surface area contributed by atoms with E-state index in [2.05, 4.69) is 22.9 Å². The largest absolute Gasteiger partial charge is 0.322 e. The molecule has 3 aliphatic rings. The van der Waals surface area contributed by atoms with E-state index in [-0.39, 0.29) is 24.1 Å². The van der Waals surface area contributed by atoms with Crippen molar-refractivity contribution in [3.63, 3.8) is 0 Å². The Kier molecular flexibility index (Phi) is 4.50. The van der Waals surface area contributed by atoms with E-state index in [1.807, 2.05) is 18.2 Å². The molecule has 0 aromatic heterocycles. The molecule has 0 saturated carbocycles. The van der Waals surface area contributed by atoms with E-state index in [0.29, 0.717) is 37.0 Å². The Bertz CT molecular complexity index is 759. The molecule has 0 aliphatic carbocycles. The maximum atomic E-state index is 12.8. The standard InChI is InChI=1S/C19H24N4O3/c1-11(13-7-20-8-13)21-9-12-3-2-4-14-15(12)10-23(19(14)26)16-5-6-17(24)22-18(16)25/h2-4,11,13,16,20-21H,5-10H2,1H3,(H,22,24,25)/t11-,16?/m1/s1. The molecular weight excluding hydrogens is 332 g/mol. The number of piperidine rings is 1. The molecule has 1 aromatic rings. The molecule has 7 heteroatoms. The van der Waals surface area contributed by atoms with Crippen LogP contribution in [0.15, 0.2) is 18.2 Å². The summed E-state index contributed by atoms with van der Waals surface area (Å²) in [5.74, 6) is -0.103. The first kappa shape index (κ1) is 17.2. The molecule has 2 atom stereocenters. The van der Waals surface area contributed by atoms with Gasteiger partial charge in [0.2, 0.25) is 11.8 Å². The first-order valence-electron chi connectivity index (χ1n) is 9.24. The molecule has 2 saturated heterocycles. The van der Waals surface area contributed by atoms with Crippen molar-refractivity contribution in [2.24, 2.45) is 5.92 Å². The van der Waals surface area contributed by atoms with Crippen LogP contribution in [0, 0.1) is 5.92 Å². The first-order chi connectivity index (χ1) is 12.5. The molecule has 7 nitrogen and oxygen atoms in total. The zero-order valence-corrected chi connectivity index (χ0v) is 14.9. The van der Waals surface area contributed by atoms with Crippen LogP contribution in [0.5, 0.6) is 0 Å². The Morgan fingerprint density at radius 3 is 2.77 bits per heavy atom. The summed E-state index contributed by atoms with van der Waals surface area (Å²) in [6.45, 7) is 5.41. The van der Waals surface area contributed by atoms with Crippen LogP contribution in [0.2, 0.25) is 0 Å². The quantitative estimate of drug-likeness (QED) is 0.653. The molecule has 4 rings (SSSR count). The van der Waals surface area contributed by atoms with Gasteiger partial charge in [-0.3, -0.25) is 19.7 Å². The Morgan fingerprint density at radius 1 is 1.27 bits per heavy atom.